The summed E-state index contributed by atoms with van der Waals surface area (Å²) in [5.74, 6) is 0.811. The van der Waals surface area contributed by atoms with Crippen LogP contribution in [0, 0.1) is 0 Å². The molecule has 0 aliphatic carbocycles. The van der Waals surface area contributed by atoms with E-state index >= 15 is 0 Å². The summed E-state index contributed by atoms with van der Waals surface area (Å²) in [5, 5.41) is 4.28. The van der Waals surface area contributed by atoms with Crippen LogP contribution in [0.4, 0.5) is 0 Å². The van der Waals surface area contributed by atoms with E-state index in [4.69, 9.17) is 10.5 Å². The van der Waals surface area contributed by atoms with Crippen LogP contribution in [0.25, 0.3) is 11.3 Å². The fourth-order valence-electron chi connectivity index (χ4n) is 2.04. The molecule has 2 aromatic rings. The Morgan fingerprint density at radius 2 is 2.14 bits per heavy atom. The zero-order valence-corrected chi connectivity index (χ0v) is 12.5. The lowest BCUT2D eigenvalue weighted by Crippen LogP contribution is -2.25. The summed E-state index contributed by atoms with van der Waals surface area (Å²) in [7, 11) is 1.63. The van der Waals surface area contributed by atoms with Gasteiger partial charge in [-0.3, -0.25) is 4.79 Å². The molecule has 0 unspecified atom stereocenters. The molecular weight excluding hydrogens is 266 g/mol. The number of hydrogen-bond acceptors (Lipinski definition) is 4. The lowest BCUT2D eigenvalue weighted by Gasteiger charge is -2.09. The number of aryl methyl sites for hydroxylation is 1. The van der Waals surface area contributed by atoms with Gasteiger partial charge in [-0.25, -0.2) is 4.68 Å². The number of hydrogen-bond donors (Lipinski definition) is 1. The molecule has 0 aliphatic heterocycles. The Kier molecular flexibility index (Phi) is 5.11. The van der Waals surface area contributed by atoms with Crippen LogP contribution in [0.1, 0.15) is 25.3 Å². The van der Waals surface area contributed by atoms with E-state index in [2.05, 4.69) is 12.0 Å². The van der Waals surface area contributed by atoms with E-state index in [1.165, 1.54) is 4.68 Å². The van der Waals surface area contributed by atoms with Gasteiger partial charge in [-0.05, 0) is 24.6 Å². The number of ether oxygens (including phenoxy) is 1. The Labute approximate surface area is 124 Å². The summed E-state index contributed by atoms with van der Waals surface area (Å²) in [4.78, 5) is 11.8. The Hall–Kier alpha value is -2.14. The molecule has 0 fully saturated rings. The van der Waals surface area contributed by atoms with Gasteiger partial charge in [0.15, 0.2) is 0 Å². The molecule has 0 amide bonds. The van der Waals surface area contributed by atoms with E-state index < -0.39 is 0 Å². The van der Waals surface area contributed by atoms with Crippen molar-refractivity contribution in [2.75, 3.05) is 6.61 Å². The SMILES string of the molecule is CCCCOc1cccc(-c2cc(CN)c(=O)n(C)n2)c1. The smallest absolute Gasteiger partial charge is 0.271 e. The molecular formula is C16H21N3O2. The predicted octanol–water partition coefficient (Wildman–Crippen LogP) is 2.08. The second kappa shape index (κ2) is 7.04. The first-order valence-electron chi connectivity index (χ1n) is 7.16. The van der Waals surface area contributed by atoms with Crippen LogP contribution in [0.2, 0.25) is 0 Å². The van der Waals surface area contributed by atoms with Gasteiger partial charge in [0.2, 0.25) is 0 Å². The maximum Gasteiger partial charge on any atom is 0.271 e. The molecule has 0 saturated heterocycles. The number of nitrogens with zero attached hydrogens (tertiary/aromatic N) is 2. The van der Waals surface area contributed by atoms with Crippen molar-refractivity contribution in [1.82, 2.24) is 9.78 Å². The van der Waals surface area contributed by atoms with Gasteiger partial charge < -0.3 is 10.5 Å². The van der Waals surface area contributed by atoms with Gasteiger partial charge in [0.05, 0.1) is 12.3 Å². The highest BCUT2D eigenvalue weighted by atomic mass is 16.5. The van der Waals surface area contributed by atoms with Crippen LogP contribution < -0.4 is 16.0 Å². The minimum Gasteiger partial charge on any atom is -0.494 e. The average molecular weight is 287 g/mol. The number of aromatic nitrogens is 2. The number of rotatable bonds is 6. The van der Waals surface area contributed by atoms with Gasteiger partial charge in [-0.1, -0.05) is 25.5 Å². The van der Waals surface area contributed by atoms with Crippen LogP contribution in [-0.2, 0) is 13.6 Å². The summed E-state index contributed by atoms with van der Waals surface area (Å²) in [6, 6.07) is 9.46. The second-order valence-electron chi connectivity index (χ2n) is 4.92. The summed E-state index contributed by atoms with van der Waals surface area (Å²) < 4.78 is 7.02. The highest BCUT2D eigenvalue weighted by Gasteiger charge is 2.07. The van der Waals surface area contributed by atoms with Gasteiger partial charge in [0.1, 0.15) is 5.75 Å². The minimum absolute atomic E-state index is 0.156. The topological polar surface area (TPSA) is 70.1 Å². The fraction of sp³-hybridized carbons (Fsp3) is 0.375. The lowest BCUT2D eigenvalue weighted by molar-refractivity contribution is 0.309. The van der Waals surface area contributed by atoms with E-state index in [0.717, 1.165) is 29.8 Å². The quantitative estimate of drug-likeness (QED) is 0.826. The summed E-state index contributed by atoms with van der Waals surface area (Å²) >= 11 is 0. The van der Waals surface area contributed by atoms with Crippen molar-refractivity contribution in [1.29, 1.82) is 0 Å². The monoisotopic (exact) mass is 287 g/mol. The fourth-order valence-corrected chi connectivity index (χ4v) is 2.04. The van der Waals surface area contributed by atoms with E-state index in [1.54, 1.807) is 13.1 Å². The average Bonchev–Trinajstić information content (AvgIpc) is 2.50. The first kappa shape index (κ1) is 15.3. The van der Waals surface area contributed by atoms with Crippen molar-refractivity contribution in [3.05, 3.63) is 46.2 Å². The zero-order chi connectivity index (χ0) is 15.2. The molecule has 2 N–H and O–H groups in total. The van der Waals surface area contributed by atoms with Gasteiger partial charge in [-0.15, -0.1) is 0 Å². The number of benzene rings is 1. The molecule has 0 bridgehead atoms. The van der Waals surface area contributed by atoms with Gasteiger partial charge in [0.25, 0.3) is 5.56 Å². The summed E-state index contributed by atoms with van der Waals surface area (Å²) in [6.07, 6.45) is 2.13. The third-order valence-corrected chi connectivity index (χ3v) is 3.25. The number of nitrogens with two attached hydrogens (primary N) is 1. The second-order valence-corrected chi connectivity index (χ2v) is 4.92. The van der Waals surface area contributed by atoms with Crippen molar-refractivity contribution in [2.45, 2.75) is 26.3 Å². The van der Waals surface area contributed by atoms with Crippen LogP contribution in [0.3, 0.4) is 0 Å². The maximum atomic E-state index is 11.8. The first-order valence-corrected chi connectivity index (χ1v) is 7.16. The van der Waals surface area contributed by atoms with Gasteiger partial charge >= 0.3 is 0 Å². The molecule has 1 aromatic carbocycles. The Morgan fingerprint density at radius 3 is 2.86 bits per heavy atom. The molecule has 0 aliphatic rings. The van der Waals surface area contributed by atoms with Crippen LogP contribution in [0.15, 0.2) is 35.1 Å². The van der Waals surface area contributed by atoms with Crippen LogP contribution in [0.5, 0.6) is 5.75 Å². The highest BCUT2D eigenvalue weighted by molar-refractivity contribution is 5.61. The van der Waals surface area contributed by atoms with Crippen LogP contribution >= 0.6 is 0 Å². The van der Waals surface area contributed by atoms with Crippen molar-refractivity contribution in [3.8, 4) is 17.0 Å². The van der Waals surface area contributed by atoms with Crippen molar-refractivity contribution in [2.24, 2.45) is 12.8 Å². The predicted molar refractivity (Wildman–Crippen MR) is 83.2 cm³/mol. The highest BCUT2D eigenvalue weighted by Crippen LogP contribution is 2.22. The first-order chi connectivity index (χ1) is 10.2. The Balaban J connectivity index is 2.31. The molecule has 2 rings (SSSR count). The minimum atomic E-state index is -0.156. The lowest BCUT2D eigenvalue weighted by atomic mass is 10.1. The van der Waals surface area contributed by atoms with E-state index in [1.807, 2.05) is 24.3 Å². The molecule has 1 heterocycles. The largest absolute Gasteiger partial charge is 0.494 e. The normalized spacial score (nSPS) is 10.6. The van der Waals surface area contributed by atoms with E-state index in [9.17, 15) is 4.79 Å². The molecule has 112 valence electrons. The molecule has 0 radical (unpaired) electrons. The third-order valence-electron chi connectivity index (χ3n) is 3.25. The molecule has 21 heavy (non-hydrogen) atoms. The van der Waals surface area contributed by atoms with Crippen LogP contribution in [-0.4, -0.2) is 16.4 Å². The summed E-state index contributed by atoms with van der Waals surface area (Å²) in [5.41, 5.74) is 7.64. The third kappa shape index (κ3) is 3.70. The molecule has 5 heteroatoms. The maximum absolute atomic E-state index is 11.8. The molecule has 1 aromatic heterocycles. The van der Waals surface area contributed by atoms with E-state index in [0.29, 0.717) is 12.2 Å². The van der Waals surface area contributed by atoms with E-state index in [-0.39, 0.29) is 12.1 Å². The Bertz CT molecular complexity index is 665. The zero-order valence-electron chi connectivity index (χ0n) is 12.5. The van der Waals surface area contributed by atoms with Crippen molar-refractivity contribution >= 4 is 0 Å². The molecule has 5 nitrogen and oxygen atoms in total. The standard InChI is InChI=1S/C16H21N3O2/c1-3-4-8-21-14-7-5-6-12(9-14)15-10-13(11-17)16(20)19(2)18-15/h5-7,9-10H,3-4,8,11,17H2,1-2H3. The Morgan fingerprint density at radius 1 is 1.33 bits per heavy atom. The molecule has 0 atom stereocenters. The van der Waals surface area contributed by atoms with Gasteiger partial charge in [-0.2, -0.15) is 5.10 Å². The summed E-state index contributed by atoms with van der Waals surface area (Å²) in [6.45, 7) is 3.03. The number of unbranched alkanes of at least 4 members (excludes halogenated alkanes) is 1. The van der Waals surface area contributed by atoms with Crippen molar-refractivity contribution in [3.63, 3.8) is 0 Å². The molecule has 0 saturated carbocycles. The van der Waals surface area contributed by atoms with Crippen molar-refractivity contribution < 1.29 is 4.74 Å². The van der Waals surface area contributed by atoms with Gasteiger partial charge in [0, 0.05) is 24.7 Å². The molecule has 0 spiro atoms.